The number of pyridine rings is 1. The van der Waals surface area contributed by atoms with Crippen molar-refractivity contribution in [1.29, 1.82) is 5.26 Å². The van der Waals surface area contributed by atoms with Crippen molar-refractivity contribution >= 4 is 39.6 Å². The van der Waals surface area contributed by atoms with Gasteiger partial charge in [-0.3, -0.25) is 9.67 Å². The van der Waals surface area contributed by atoms with Crippen LogP contribution in [-0.2, 0) is 7.05 Å². The first-order chi connectivity index (χ1) is 17.8. The summed E-state index contributed by atoms with van der Waals surface area (Å²) in [7, 11) is 1.77. The average molecular weight is 516 g/mol. The summed E-state index contributed by atoms with van der Waals surface area (Å²) in [6.45, 7) is 1.94. The number of aryl methyl sites for hydroxylation is 2. The van der Waals surface area contributed by atoms with Crippen molar-refractivity contribution in [2.24, 2.45) is 7.05 Å². The molecule has 0 aliphatic carbocycles. The summed E-state index contributed by atoms with van der Waals surface area (Å²) in [5.41, 5.74) is 4.98. The largest absolute Gasteiger partial charge is 0.371 e. The van der Waals surface area contributed by atoms with E-state index in [0.29, 0.717) is 39.2 Å². The topological polar surface area (TPSA) is 91.5 Å². The first kappa shape index (κ1) is 24.2. The standard InChI is InChI=1S/C27H20ClF2N7/c1-15-3-9-20-25(33-19-8-10-22(30)21(28)11-19)17(12-31)13-32-27(20)24(15)34-26(23-14-37(2)36-35-23)16-4-6-18(29)7-5-16/h3-11,13-14,26,34H,1-2H3,(H,32,33). The maximum atomic E-state index is 13.7. The van der Waals surface area contributed by atoms with E-state index in [1.54, 1.807) is 36.1 Å². The molecular formula is C27H20ClF2N7. The number of anilines is 3. The van der Waals surface area contributed by atoms with Gasteiger partial charge in [0, 0.05) is 24.3 Å². The molecule has 0 aliphatic heterocycles. The molecule has 0 radical (unpaired) electrons. The van der Waals surface area contributed by atoms with Crippen molar-refractivity contribution in [3.63, 3.8) is 0 Å². The van der Waals surface area contributed by atoms with Crippen LogP contribution in [0.25, 0.3) is 10.9 Å². The van der Waals surface area contributed by atoms with Crippen LogP contribution in [0, 0.1) is 29.9 Å². The van der Waals surface area contributed by atoms with E-state index in [4.69, 9.17) is 11.6 Å². The van der Waals surface area contributed by atoms with Crippen LogP contribution in [0.1, 0.15) is 28.4 Å². The van der Waals surface area contributed by atoms with E-state index in [-0.39, 0.29) is 10.8 Å². The fourth-order valence-corrected chi connectivity index (χ4v) is 4.29. The van der Waals surface area contributed by atoms with E-state index in [0.717, 1.165) is 11.1 Å². The summed E-state index contributed by atoms with van der Waals surface area (Å²) in [6, 6.07) is 15.9. The Bertz CT molecular complexity index is 1660. The Morgan fingerprint density at radius 2 is 1.84 bits per heavy atom. The highest BCUT2D eigenvalue weighted by Crippen LogP contribution is 2.37. The summed E-state index contributed by atoms with van der Waals surface area (Å²) in [5.74, 6) is -0.879. The van der Waals surface area contributed by atoms with Gasteiger partial charge in [-0.15, -0.1) is 5.10 Å². The normalized spacial score (nSPS) is 11.8. The molecule has 5 rings (SSSR count). The molecule has 0 aliphatic rings. The zero-order valence-electron chi connectivity index (χ0n) is 19.8. The number of benzene rings is 3. The molecule has 10 heteroatoms. The summed E-state index contributed by atoms with van der Waals surface area (Å²) in [6.07, 6.45) is 3.27. The van der Waals surface area contributed by atoms with E-state index in [9.17, 15) is 14.0 Å². The van der Waals surface area contributed by atoms with Gasteiger partial charge >= 0.3 is 0 Å². The van der Waals surface area contributed by atoms with Crippen LogP contribution >= 0.6 is 11.6 Å². The van der Waals surface area contributed by atoms with Crippen molar-refractivity contribution < 1.29 is 8.78 Å². The van der Waals surface area contributed by atoms with Crippen LogP contribution in [0.3, 0.4) is 0 Å². The fourth-order valence-electron chi connectivity index (χ4n) is 4.11. The van der Waals surface area contributed by atoms with Crippen molar-refractivity contribution in [1.82, 2.24) is 20.0 Å². The number of hydrogen-bond acceptors (Lipinski definition) is 6. The van der Waals surface area contributed by atoms with E-state index < -0.39 is 11.9 Å². The molecule has 0 spiro atoms. The Morgan fingerprint density at radius 3 is 2.51 bits per heavy atom. The van der Waals surface area contributed by atoms with Gasteiger partial charge in [-0.1, -0.05) is 41.1 Å². The minimum absolute atomic E-state index is 0.0359. The lowest BCUT2D eigenvalue weighted by molar-refractivity contribution is 0.626. The monoisotopic (exact) mass is 515 g/mol. The molecule has 0 bridgehead atoms. The lowest BCUT2D eigenvalue weighted by Gasteiger charge is -2.22. The van der Waals surface area contributed by atoms with Crippen molar-refractivity contribution in [3.05, 3.63) is 106 Å². The van der Waals surface area contributed by atoms with Gasteiger partial charge in [0.15, 0.2) is 0 Å². The first-order valence-electron chi connectivity index (χ1n) is 11.3. The molecule has 0 saturated carbocycles. The molecule has 37 heavy (non-hydrogen) atoms. The zero-order valence-corrected chi connectivity index (χ0v) is 20.6. The highest BCUT2D eigenvalue weighted by molar-refractivity contribution is 6.31. The van der Waals surface area contributed by atoms with Crippen molar-refractivity contribution in [3.8, 4) is 6.07 Å². The molecular weight excluding hydrogens is 496 g/mol. The number of hydrogen-bond donors (Lipinski definition) is 2. The van der Waals surface area contributed by atoms with Crippen LogP contribution in [0.15, 0.2) is 67.0 Å². The van der Waals surface area contributed by atoms with Crippen LogP contribution in [0.5, 0.6) is 0 Å². The van der Waals surface area contributed by atoms with E-state index in [2.05, 4.69) is 32.0 Å². The molecule has 1 unspecified atom stereocenters. The number of halogens is 3. The SMILES string of the molecule is Cc1ccc2c(Nc3ccc(F)c(Cl)c3)c(C#N)cnc2c1NC(c1ccc(F)cc1)c1cn(C)nn1. The predicted molar refractivity (Wildman–Crippen MR) is 139 cm³/mol. The molecule has 5 aromatic rings. The van der Waals surface area contributed by atoms with E-state index >= 15 is 0 Å². The summed E-state index contributed by atoms with van der Waals surface area (Å²) >= 11 is 5.96. The van der Waals surface area contributed by atoms with Crippen LogP contribution < -0.4 is 10.6 Å². The molecule has 2 heterocycles. The maximum Gasteiger partial charge on any atom is 0.141 e. The van der Waals surface area contributed by atoms with Crippen LogP contribution in [0.2, 0.25) is 5.02 Å². The predicted octanol–water partition coefficient (Wildman–Crippen LogP) is 6.42. The van der Waals surface area contributed by atoms with Crippen molar-refractivity contribution in [2.45, 2.75) is 13.0 Å². The Morgan fingerprint density at radius 1 is 1.05 bits per heavy atom. The quantitative estimate of drug-likeness (QED) is 0.271. The minimum Gasteiger partial charge on any atom is -0.371 e. The van der Waals surface area contributed by atoms with Gasteiger partial charge in [0.2, 0.25) is 0 Å². The molecule has 0 saturated heterocycles. The second-order valence-corrected chi connectivity index (χ2v) is 8.92. The molecule has 7 nitrogen and oxygen atoms in total. The van der Waals surface area contributed by atoms with Gasteiger partial charge in [-0.2, -0.15) is 5.26 Å². The second-order valence-electron chi connectivity index (χ2n) is 8.51. The summed E-state index contributed by atoms with van der Waals surface area (Å²) < 4.78 is 29.0. The molecule has 0 amide bonds. The second kappa shape index (κ2) is 9.84. The smallest absolute Gasteiger partial charge is 0.141 e. The third-order valence-corrected chi connectivity index (χ3v) is 6.25. The number of nitrogens with one attached hydrogen (secondary N) is 2. The minimum atomic E-state index is -0.537. The third-order valence-electron chi connectivity index (χ3n) is 5.97. The Labute approximate surface area is 216 Å². The number of nitriles is 1. The number of rotatable bonds is 6. The van der Waals surface area contributed by atoms with Crippen molar-refractivity contribution in [2.75, 3.05) is 10.6 Å². The lowest BCUT2D eigenvalue weighted by Crippen LogP contribution is -2.14. The number of fused-ring (bicyclic) bond motifs is 1. The lowest BCUT2D eigenvalue weighted by atomic mass is 10.0. The molecule has 3 aromatic carbocycles. The molecule has 2 aromatic heterocycles. The van der Waals surface area contributed by atoms with Gasteiger partial charge in [0.05, 0.1) is 39.7 Å². The molecule has 184 valence electrons. The fraction of sp³-hybridized carbons (Fsp3) is 0.111. The van der Waals surface area contributed by atoms with Crippen LogP contribution in [-0.4, -0.2) is 20.0 Å². The first-order valence-corrected chi connectivity index (χ1v) is 11.6. The molecule has 0 fully saturated rings. The van der Waals surface area contributed by atoms with E-state index in [1.807, 2.05) is 19.1 Å². The number of aromatic nitrogens is 4. The molecule has 1 atom stereocenters. The van der Waals surface area contributed by atoms with Gasteiger partial charge in [0.1, 0.15) is 23.4 Å². The molecule has 2 N–H and O–H groups in total. The highest BCUT2D eigenvalue weighted by Gasteiger charge is 2.21. The summed E-state index contributed by atoms with van der Waals surface area (Å²) in [4.78, 5) is 4.59. The summed E-state index contributed by atoms with van der Waals surface area (Å²) in [5, 5.41) is 25.5. The van der Waals surface area contributed by atoms with E-state index in [1.165, 1.54) is 30.5 Å². The Kier molecular flexibility index (Phi) is 6.42. The van der Waals surface area contributed by atoms with Gasteiger partial charge in [-0.25, -0.2) is 8.78 Å². The van der Waals surface area contributed by atoms with Crippen LogP contribution in [0.4, 0.5) is 25.8 Å². The third kappa shape index (κ3) is 4.79. The number of nitrogens with zero attached hydrogens (tertiary/aromatic N) is 5. The Hall–Kier alpha value is -4.55. The van der Waals surface area contributed by atoms with Gasteiger partial charge in [-0.05, 0) is 48.4 Å². The zero-order chi connectivity index (χ0) is 26.1. The average Bonchev–Trinajstić information content (AvgIpc) is 3.32. The van der Waals surface area contributed by atoms with Gasteiger partial charge in [0.25, 0.3) is 0 Å². The Balaban J connectivity index is 1.64. The van der Waals surface area contributed by atoms with Gasteiger partial charge < -0.3 is 10.6 Å². The maximum absolute atomic E-state index is 13.7. The highest BCUT2D eigenvalue weighted by atomic mass is 35.5.